The summed E-state index contributed by atoms with van der Waals surface area (Å²) in [5.74, 6) is -0.0606. The third-order valence-corrected chi connectivity index (χ3v) is 3.09. The third kappa shape index (κ3) is 3.69. The average molecular weight is 317 g/mol. The van der Waals surface area contributed by atoms with Crippen LogP contribution in [0.1, 0.15) is 10.4 Å². The molecule has 96 valence electrons. The zero-order chi connectivity index (χ0) is 13.7. The molecule has 0 saturated heterocycles. The van der Waals surface area contributed by atoms with Crippen molar-refractivity contribution in [3.63, 3.8) is 0 Å². The number of allylic oxidation sites excluding steroid dienone is 1. The molecule has 0 amide bonds. The van der Waals surface area contributed by atoms with Crippen molar-refractivity contribution >= 4 is 33.1 Å². The van der Waals surface area contributed by atoms with Gasteiger partial charge in [0.25, 0.3) is 0 Å². The van der Waals surface area contributed by atoms with Gasteiger partial charge in [0.05, 0.1) is 11.4 Å². The van der Waals surface area contributed by atoms with Crippen molar-refractivity contribution in [1.82, 2.24) is 0 Å². The monoisotopic (exact) mass is 316 g/mol. The molecule has 2 rings (SSSR count). The maximum absolute atomic E-state index is 11.9. The number of rotatable bonds is 4. The molecule has 0 aromatic heterocycles. The van der Waals surface area contributed by atoms with Crippen LogP contribution in [0.5, 0.6) is 0 Å². The van der Waals surface area contributed by atoms with Crippen molar-refractivity contribution in [2.24, 2.45) is 0 Å². The molecule has 2 aromatic rings. The van der Waals surface area contributed by atoms with Gasteiger partial charge in [-0.05, 0) is 36.4 Å². The summed E-state index contributed by atoms with van der Waals surface area (Å²) < 4.78 is 0.947. The second kappa shape index (κ2) is 6.20. The second-order valence-electron chi connectivity index (χ2n) is 3.94. The van der Waals surface area contributed by atoms with Gasteiger partial charge in [0, 0.05) is 22.3 Å². The average Bonchev–Trinajstić information content (AvgIpc) is 2.41. The molecule has 0 saturated carbocycles. The third-order valence-electron chi connectivity index (χ3n) is 2.56. The summed E-state index contributed by atoms with van der Waals surface area (Å²) in [6.07, 6.45) is 3.08. The van der Waals surface area contributed by atoms with Crippen LogP contribution in [0.25, 0.3) is 0 Å². The van der Waals surface area contributed by atoms with Gasteiger partial charge in [-0.25, -0.2) is 0 Å². The Bertz CT molecular complexity index is 606. The van der Waals surface area contributed by atoms with E-state index in [9.17, 15) is 4.79 Å². The smallest absolute Gasteiger partial charge is 0.187 e. The highest BCUT2D eigenvalue weighted by Gasteiger charge is 2.00. The Morgan fingerprint density at radius 2 is 1.79 bits per heavy atom. The number of halogens is 1. The van der Waals surface area contributed by atoms with Crippen LogP contribution < -0.4 is 11.1 Å². The Labute approximate surface area is 120 Å². The van der Waals surface area contributed by atoms with Crippen LogP contribution in [0.3, 0.4) is 0 Å². The van der Waals surface area contributed by atoms with Gasteiger partial charge in [0.15, 0.2) is 5.78 Å². The van der Waals surface area contributed by atoms with E-state index in [4.69, 9.17) is 5.73 Å². The molecule has 2 aromatic carbocycles. The topological polar surface area (TPSA) is 55.1 Å². The Hall–Kier alpha value is -2.07. The lowest BCUT2D eigenvalue weighted by molar-refractivity contribution is 0.104. The van der Waals surface area contributed by atoms with Crippen molar-refractivity contribution in [2.75, 3.05) is 11.1 Å². The lowest BCUT2D eigenvalue weighted by atomic mass is 10.1. The van der Waals surface area contributed by atoms with Gasteiger partial charge in [0.2, 0.25) is 0 Å². The molecular formula is C15H13BrN2O. The number of carbonyl (C=O) groups is 1. The number of nitrogen functional groups attached to an aromatic ring is 1. The van der Waals surface area contributed by atoms with Crippen molar-refractivity contribution in [2.45, 2.75) is 0 Å². The molecule has 3 nitrogen and oxygen atoms in total. The van der Waals surface area contributed by atoms with Gasteiger partial charge < -0.3 is 11.1 Å². The van der Waals surface area contributed by atoms with Crippen LogP contribution in [0, 0.1) is 0 Å². The molecule has 0 bridgehead atoms. The maximum atomic E-state index is 11.9. The molecule has 4 heteroatoms. The van der Waals surface area contributed by atoms with Gasteiger partial charge in [-0.1, -0.05) is 28.1 Å². The largest absolute Gasteiger partial charge is 0.397 e. The van der Waals surface area contributed by atoms with E-state index in [2.05, 4.69) is 21.2 Å². The van der Waals surface area contributed by atoms with Crippen LogP contribution in [0.2, 0.25) is 0 Å². The summed E-state index contributed by atoms with van der Waals surface area (Å²) in [6, 6.07) is 14.6. The predicted octanol–water partition coefficient (Wildman–Crippen LogP) is 3.84. The number of nitrogens with one attached hydrogen (secondary N) is 1. The zero-order valence-corrected chi connectivity index (χ0v) is 11.7. The molecule has 0 fully saturated rings. The Balaban J connectivity index is 2.01. The summed E-state index contributed by atoms with van der Waals surface area (Å²) in [5.41, 5.74) is 7.84. The van der Waals surface area contributed by atoms with E-state index in [1.54, 1.807) is 24.4 Å². The maximum Gasteiger partial charge on any atom is 0.187 e. The molecule has 0 radical (unpaired) electrons. The SMILES string of the molecule is Nc1ccccc1N/C=C/C(=O)c1ccc(Br)cc1. The van der Waals surface area contributed by atoms with E-state index in [1.807, 2.05) is 30.3 Å². The summed E-state index contributed by atoms with van der Waals surface area (Å²) >= 11 is 3.33. The van der Waals surface area contributed by atoms with Crippen LogP contribution in [0.15, 0.2) is 65.3 Å². The lowest BCUT2D eigenvalue weighted by Crippen LogP contribution is -1.97. The Morgan fingerprint density at radius 3 is 2.47 bits per heavy atom. The number of hydrogen-bond acceptors (Lipinski definition) is 3. The first-order valence-electron chi connectivity index (χ1n) is 5.74. The molecular weight excluding hydrogens is 304 g/mol. The summed E-state index contributed by atoms with van der Waals surface area (Å²) in [5, 5.41) is 2.99. The fraction of sp³-hybridized carbons (Fsp3) is 0. The molecule has 0 spiro atoms. The first-order valence-corrected chi connectivity index (χ1v) is 6.53. The summed E-state index contributed by atoms with van der Waals surface area (Å²) in [7, 11) is 0. The summed E-state index contributed by atoms with van der Waals surface area (Å²) in [4.78, 5) is 11.9. The molecule has 0 heterocycles. The lowest BCUT2D eigenvalue weighted by Gasteiger charge is -2.03. The molecule has 3 N–H and O–H groups in total. The molecule has 0 aliphatic carbocycles. The van der Waals surface area contributed by atoms with Gasteiger partial charge >= 0.3 is 0 Å². The van der Waals surface area contributed by atoms with E-state index < -0.39 is 0 Å². The first-order chi connectivity index (χ1) is 9.16. The number of ketones is 1. The molecule has 0 aliphatic rings. The zero-order valence-electron chi connectivity index (χ0n) is 10.1. The summed E-state index contributed by atoms with van der Waals surface area (Å²) in [6.45, 7) is 0. The highest BCUT2D eigenvalue weighted by molar-refractivity contribution is 9.10. The minimum Gasteiger partial charge on any atom is -0.397 e. The van der Waals surface area contributed by atoms with Gasteiger partial charge in [0.1, 0.15) is 0 Å². The first kappa shape index (κ1) is 13.4. The molecule has 0 unspecified atom stereocenters. The number of benzene rings is 2. The van der Waals surface area contributed by atoms with Gasteiger partial charge in [-0.2, -0.15) is 0 Å². The normalized spacial score (nSPS) is 10.6. The molecule has 0 aliphatic heterocycles. The quantitative estimate of drug-likeness (QED) is 0.512. The number of anilines is 2. The van der Waals surface area contributed by atoms with Crippen LogP contribution in [0.4, 0.5) is 11.4 Å². The highest BCUT2D eigenvalue weighted by Crippen LogP contribution is 2.16. The van der Waals surface area contributed by atoms with Crippen LogP contribution in [-0.2, 0) is 0 Å². The van der Waals surface area contributed by atoms with E-state index in [1.165, 1.54) is 6.08 Å². The number of nitrogens with two attached hydrogens (primary N) is 1. The fourth-order valence-electron chi connectivity index (χ4n) is 1.55. The minimum atomic E-state index is -0.0606. The second-order valence-corrected chi connectivity index (χ2v) is 4.85. The molecule has 19 heavy (non-hydrogen) atoms. The predicted molar refractivity (Wildman–Crippen MR) is 82.1 cm³/mol. The van der Waals surface area contributed by atoms with Crippen LogP contribution in [-0.4, -0.2) is 5.78 Å². The number of carbonyl (C=O) groups excluding carboxylic acids is 1. The number of hydrogen-bond donors (Lipinski definition) is 2. The van der Waals surface area contributed by atoms with Crippen molar-refractivity contribution in [1.29, 1.82) is 0 Å². The van der Waals surface area contributed by atoms with Gasteiger partial charge in [-0.3, -0.25) is 4.79 Å². The van der Waals surface area contributed by atoms with Crippen molar-refractivity contribution < 1.29 is 4.79 Å². The fourth-order valence-corrected chi connectivity index (χ4v) is 1.81. The van der Waals surface area contributed by atoms with Crippen LogP contribution >= 0.6 is 15.9 Å². The van der Waals surface area contributed by atoms with E-state index in [-0.39, 0.29) is 5.78 Å². The minimum absolute atomic E-state index is 0.0606. The van der Waals surface area contributed by atoms with Crippen molar-refractivity contribution in [3.8, 4) is 0 Å². The molecule has 0 atom stereocenters. The van der Waals surface area contributed by atoms with Crippen molar-refractivity contribution in [3.05, 3.63) is 70.8 Å². The van der Waals surface area contributed by atoms with E-state index in [0.717, 1.165) is 10.2 Å². The van der Waals surface area contributed by atoms with Gasteiger partial charge in [-0.15, -0.1) is 0 Å². The van der Waals surface area contributed by atoms with E-state index >= 15 is 0 Å². The Kier molecular flexibility index (Phi) is 4.36. The highest BCUT2D eigenvalue weighted by atomic mass is 79.9. The van der Waals surface area contributed by atoms with E-state index in [0.29, 0.717) is 11.3 Å². The number of para-hydroxylation sites is 2. The standard InChI is InChI=1S/C15H13BrN2O/c16-12-7-5-11(6-8-12)15(19)9-10-18-14-4-2-1-3-13(14)17/h1-10,18H,17H2/b10-9+. The Morgan fingerprint density at radius 1 is 1.11 bits per heavy atom.